The number of carboxylic acids is 1. The van der Waals surface area contributed by atoms with Gasteiger partial charge in [-0.15, -0.1) is 0 Å². The Bertz CT molecular complexity index is 1210. The van der Waals surface area contributed by atoms with Crippen molar-refractivity contribution in [3.63, 3.8) is 0 Å². The van der Waals surface area contributed by atoms with Gasteiger partial charge in [0.1, 0.15) is 11.8 Å². The Morgan fingerprint density at radius 1 is 1.06 bits per heavy atom. The maximum atomic E-state index is 13.3. The van der Waals surface area contributed by atoms with Gasteiger partial charge >= 0.3 is 13.6 Å². The summed E-state index contributed by atoms with van der Waals surface area (Å²) in [5.74, 6) is -3.33. The number of aromatic amines is 1. The molecule has 9 nitrogen and oxygen atoms in total. The summed E-state index contributed by atoms with van der Waals surface area (Å²) in [6, 6.07) is 14.6. The Kier molecular flexibility index (Phi) is 9.45. The van der Waals surface area contributed by atoms with Gasteiger partial charge in [-0.3, -0.25) is 14.7 Å². The standard InChI is InChI=1S/C26H34N3O6P/c1-3-17(2)24(29-23(36(33,34)35)14-13-18-9-5-4-6-10-18)25(30)28-22(26(31)32)15-19-16-27-21-12-8-7-11-20(19)21/h4-12,16-17,22-24,27,29H,3,13-15H2,1-2H3,(H,28,30)(H,31,32)(H2,33,34,35)/t17-,22-,23?,24-/m0/s1. The highest BCUT2D eigenvalue weighted by Gasteiger charge is 2.36. The smallest absolute Gasteiger partial charge is 0.342 e. The molecule has 0 radical (unpaired) electrons. The molecule has 6 N–H and O–H groups in total. The molecule has 1 amide bonds. The molecule has 0 aliphatic heterocycles. The Morgan fingerprint density at radius 3 is 2.36 bits per heavy atom. The second kappa shape index (κ2) is 12.3. The largest absolute Gasteiger partial charge is 0.480 e. The molecule has 0 aliphatic carbocycles. The second-order valence-corrected chi connectivity index (χ2v) is 10.9. The number of hydrogen-bond donors (Lipinski definition) is 6. The number of aliphatic carboxylic acids is 1. The first-order chi connectivity index (χ1) is 17.1. The normalized spacial score (nSPS) is 15.2. The summed E-state index contributed by atoms with van der Waals surface area (Å²) >= 11 is 0. The SMILES string of the molecule is CC[C@H](C)[C@H](NC(CCc1ccccc1)P(=O)(O)O)C(=O)N[C@@H](Cc1c[nH]c2ccccc12)C(=O)O. The van der Waals surface area contributed by atoms with Crippen LogP contribution in [-0.4, -0.2) is 49.6 Å². The fourth-order valence-corrected chi connectivity index (χ4v) is 5.04. The molecule has 4 atom stereocenters. The third kappa shape index (κ3) is 7.27. The minimum absolute atomic E-state index is 0.0637. The number of benzene rings is 2. The number of rotatable bonds is 13. The maximum absolute atomic E-state index is 13.3. The quantitative estimate of drug-likeness (QED) is 0.191. The van der Waals surface area contributed by atoms with Gasteiger partial charge in [0.2, 0.25) is 5.91 Å². The molecule has 0 fully saturated rings. The van der Waals surface area contributed by atoms with Gasteiger partial charge in [0.25, 0.3) is 0 Å². The molecule has 2 aromatic carbocycles. The van der Waals surface area contributed by atoms with Crippen LogP contribution in [0.1, 0.15) is 37.8 Å². The Hall–Kier alpha value is -2.97. The number of carbonyl (C=O) groups excluding carboxylic acids is 1. The maximum Gasteiger partial charge on any atom is 0.342 e. The first-order valence-corrected chi connectivity index (χ1v) is 13.7. The van der Waals surface area contributed by atoms with E-state index < -0.39 is 37.3 Å². The average Bonchev–Trinajstić information content (AvgIpc) is 3.25. The number of nitrogens with one attached hydrogen (secondary N) is 3. The van der Waals surface area contributed by atoms with Crippen LogP contribution in [0.2, 0.25) is 0 Å². The molecule has 0 bridgehead atoms. The summed E-state index contributed by atoms with van der Waals surface area (Å²) in [6.45, 7) is 3.66. The number of H-pyrrole nitrogens is 1. The highest BCUT2D eigenvalue weighted by molar-refractivity contribution is 7.52. The zero-order chi connectivity index (χ0) is 26.3. The molecule has 194 valence electrons. The lowest BCUT2D eigenvalue weighted by molar-refractivity contribution is -0.142. The Labute approximate surface area is 210 Å². The van der Waals surface area contributed by atoms with E-state index in [0.29, 0.717) is 12.8 Å². The summed E-state index contributed by atoms with van der Waals surface area (Å²) in [7, 11) is -4.60. The van der Waals surface area contributed by atoms with Gasteiger partial charge in [-0.25, -0.2) is 4.79 Å². The number of fused-ring (bicyclic) bond motifs is 1. The second-order valence-electron chi connectivity index (χ2n) is 9.12. The lowest BCUT2D eigenvalue weighted by Crippen LogP contribution is -2.55. The number of hydrogen-bond acceptors (Lipinski definition) is 4. The number of aromatic nitrogens is 1. The molecule has 3 aromatic rings. The van der Waals surface area contributed by atoms with E-state index in [1.807, 2.05) is 61.5 Å². The third-order valence-corrected chi connectivity index (χ3v) is 7.76. The van der Waals surface area contributed by atoms with Crippen molar-refractivity contribution < 1.29 is 29.0 Å². The molecule has 1 heterocycles. The number of carboxylic acid groups (broad SMARTS) is 1. The molecular formula is C26H34N3O6P. The predicted octanol–water partition coefficient (Wildman–Crippen LogP) is 3.42. The van der Waals surface area contributed by atoms with Crippen LogP contribution in [-0.2, 0) is 27.0 Å². The van der Waals surface area contributed by atoms with Crippen LogP contribution in [0.4, 0.5) is 0 Å². The molecule has 3 rings (SSSR count). The Balaban J connectivity index is 1.76. The summed E-state index contributed by atoms with van der Waals surface area (Å²) in [5, 5.41) is 16.2. The molecule has 36 heavy (non-hydrogen) atoms. The Morgan fingerprint density at radius 2 is 1.72 bits per heavy atom. The van der Waals surface area contributed by atoms with Gasteiger partial charge in [0.05, 0.1) is 6.04 Å². The van der Waals surface area contributed by atoms with Gasteiger partial charge in [0.15, 0.2) is 0 Å². The number of aryl methyl sites for hydroxylation is 1. The van der Waals surface area contributed by atoms with E-state index in [0.717, 1.165) is 22.0 Å². The van der Waals surface area contributed by atoms with E-state index in [9.17, 15) is 29.0 Å². The van der Waals surface area contributed by atoms with Crippen molar-refractivity contribution in [2.45, 2.75) is 57.4 Å². The monoisotopic (exact) mass is 515 g/mol. The third-order valence-electron chi connectivity index (χ3n) is 6.54. The highest BCUT2D eigenvalue weighted by Crippen LogP contribution is 2.42. The minimum Gasteiger partial charge on any atom is -0.480 e. The van der Waals surface area contributed by atoms with Crippen LogP contribution in [0.25, 0.3) is 10.9 Å². The molecule has 1 unspecified atom stereocenters. The van der Waals surface area contributed by atoms with Crippen molar-refractivity contribution in [3.8, 4) is 0 Å². The number of carbonyl (C=O) groups is 2. The lowest BCUT2D eigenvalue weighted by atomic mass is 9.97. The zero-order valence-corrected chi connectivity index (χ0v) is 21.3. The average molecular weight is 516 g/mol. The predicted molar refractivity (Wildman–Crippen MR) is 139 cm³/mol. The van der Waals surface area contributed by atoms with Gasteiger partial charge in [-0.05, 0) is 36.0 Å². The van der Waals surface area contributed by atoms with E-state index >= 15 is 0 Å². The molecule has 1 aromatic heterocycles. The summed E-state index contributed by atoms with van der Waals surface area (Å²) in [4.78, 5) is 48.4. The first kappa shape index (κ1) is 27.6. The van der Waals surface area contributed by atoms with Gasteiger partial charge in [-0.2, -0.15) is 0 Å². The lowest BCUT2D eigenvalue weighted by Gasteiger charge is -2.30. The number of amides is 1. The molecule has 0 saturated carbocycles. The van der Waals surface area contributed by atoms with E-state index in [-0.39, 0.29) is 18.8 Å². The van der Waals surface area contributed by atoms with Crippen molar-refractivity contribution in [1.29, 1.82) is 0 Å². The molecule has 0 spiro atoms. The van der Waals surface area contributed by atoms with Gasteiger partial charge in [0, 0.05) is 23.5 Å². The fourth-order valence-electron chi connectivity index (χ4n) is 4.22. The van der Waals surface area contributed by atoms with E-state index in [2.05, 4.69) is 15.6 Å². The van der Waals surface area contributed by atoms with Crippen LogP contribution in [0.5, 0.6) is 0 Å². The molecule has 0 saturated heterocycles. The summed E-state index contributed by atoms with van der Waals surface area (Å²) in [5.41, 5.74) is 2.54. The summed E-state index contributed by atoms with van der Waals surface area (Å²) < 4.78 is 12.3. The zero-order valence-electron chi connectivity index (χ0n) is 20.4. The van der Waals surface area contributed by atoms with Crippen LogP contribution in [0.15, 0.2) is 60.8 Å². The van der Waals surface area contributed by atoms with Crippen molar-refractivity contribution in [2.75, 3.05) is 0 Å². The topological polar surface area (TPSA) is 152 Å². The summed E-state index contributed by atoms with van der Waals surface area (Å²) in [6.07, 6.45) is 2.87. The van der Waals surface area contributed by atoms with Crippen LogP contribution < -0.4 is 10.6 Å². The minimum atomic E-state index is -4.60. The van der Waals surface area contributed by atoms with E-state index in [4.69, 9.17) is 0 Å². The van der Waals surface area contributed by atoms with Crippen LogP contribution >= 0.6 is 7.60 Å². The van der Waals surface area contributed by atoms with Crippen molar-refractivity contribution >= 4 is 30.4 Å². The molecule has 10 heteroatoms. The highest BCUT2D eigenvalue weighted by atomic mass is 31.2. The fraction of sp³-hybridized carbons (Fsp3) is 0.385. The van der Waals surface area contributed by atoms with Gasteiger partial charge < -0.3 is 25.2 Å². The van der Waals surface area contributed by atoms with E-state index in [1.165, 1.54) is 0 Å². The molecule has 0 aliphatic rings. The van der Waals surface area contributed by atoms with Crippen LogP contribution in [0, 0.1) is 5.92 Å². The van der Waals surface area contributed by atoms with Crippen molar-refractivity contribution in [1.82, 2.24) is 15.6 Å². The van der Waals surface area contributed by atoms with Crippen molar-refractivity contribution in [3.05, 3.63) is 71.9 Å². The molecular weight excluding hydrogens is 481 g/mol. The first-order valence-electron chi connectivity index (χ1n) is 12.0. The van der Waals surface area contributed by atoms with Gasteiger partial charge in [-0.1, -0.05) is 68.8 Å². The van der Waals surface area contributed by atoms with E-state index in [1.54, 1.807) is 13.1 Å². The number of para-hydroxylation sites is 1. The van der Waals surface area contributed by atoms with Crippen molar-refractivity contribution in [2.24, 2.45) is 5.92 Å². The van der Waals surface area contributed by atoms with Crippen LogP contribution in [0.3, 0.4) is 0 Å².